The van der Waals surface area contributed by atoms with Gasteiger partial charge in [-0.15, -0.1) is 0 Å². The van der Waals surface area contributed by atoms with Crippen LogP contribution in [-0.4, -0.2) is 98.9 Å². The zero-order chi connectivity index (χ0) is 38.0. The average Bonchev–Trinajstić information content (AvgIpc) is 3.49. The summed E-state index contributed by atoms with van der Waals surface area (Å²) in [5.41, 5.74) is -2.51. The zero-order valence-corrected chi connectivity index (χ0v) is 32.5. The summed E-state index contributed by atoms with van der Waals surface area (Å²) in [6.07, 6.45) is 1.12. The Kier molecular flexibility index (Phi) is 15.4. The highest BCUT2D eigenvalue weighted by Gasteiger charge is 2.43. The van der Waals surface area contributed by atoms with Gasteiger partial charge in [0.2, 0.25) is 17.7 Å². The van der Waals surface area contributed by atoms with E-state index in [1.807, 2.05) is 44.2 Å². The van der Waals surface area contributed by atoms with Gasteiger partial charge in [-0.1, -0.05) is 51.1 Å². The fraction of sp³-hybridized carbons (Fsp3) is 0.676. The molecular weight excluding hydrogens is 660 g/mol. The van der Waals surface area contributed by atoms with Crippen LogP contribution in [0.5, 0.6) is 0 Å². The number of alkyl carbamates (subject to hydrolysis) is 1. The molecule has 1 heterocycles. The summed E-state index contributed by atoms with van der Waals surface area (Å²) in [6, 6.07) is 6.75. The number of rotatable bonds is 14. The van der Waals surface area contributed by atoms with Crippen LogP contribution in [-0.2, 0) is 35.1 Å². The standard InChI is InChI=1S/C37H58N4O8S/c1-12-29(42)27-19-16-20-41(27)31(44)28(22-25-17-14-13-15-18-25)40(11)30(43)26(21-24(2)3)38-32(45)37(10,39-33(46)48-35(4,5)6)23-50-34(47)49-36(7,8)9/h13-15,17-18,24,26-28H,12,16,19-23H2,1-11H3,(H,38,45)(H,39,46)/t26-,27+,28+,37+/m1/s1. The Morgan fingerprint density at radius 2 is 1.56 bits per heavy atom. The molecule has 4 atom stereocenters. The summed E-state index contributed by atoms with van der Waals surface area (Å²) < 4.78 is 10.8. The number of hydrogen-bond acceptors (Lipinski definition) is 9. The van der Waals surface area contributed by atoms with Gasteiger partial charge in [0, 0.05) is 32.2 Å². The average molecular weight is 719 g/mol. The number of nitrogens with one attached hydrogen (secondary N) is 2. The first-order valence-corrected chi connectivity index (χ1v) is 18.4. The Bertz CT molecular complexity index is 1360. The van der Waals surface area contributed by atoms with Gasteiger partial charge in [0.05, 0.1) is 6.04 Å². The number of amides is 4. The molecule has 0 saturated carbocycles. The van der Waals surface area contributed by atoms with Crippen molar-refractivity contribution in [1.29, 1.82) is 0 Å². The molecule has 0 aromatic heterocycles. The number of likely N-dealkylation sites (tertiary alicyclic amines) is 1. The van der Waals surface area contributed by atoms with Crippen LogP contribution in [0.2, 0.25) is 0 Å². The second-order valence-corrected chi connectivity index (χ2v) is 16.4. The topological polar surface area (TPSA) is 151 Å². The lowest BCUT2D eigenvalue weighted by Gasteiger charge is -2.36. The third kappa shape index (κ3) is 13.3. The van der Waals surface area contributed by atoms with E-state index in [1.54, 1.807) is 53.4 Å². The van der Waals surface area contributed by atoms with Gasteiger partial charge >= 0.3 is 11.4 Å². The van der Waals surface area contributed by atoms with Crippen molar-refractivity contribution < 1.29 is 38.2 Å². The first kappa shape index (κ1) is 42.6. The predicted molar refractivity (Wildman–Crippen MR) is 195 cm³/mol. The van der Waals surface area contributed by atoms with E-state index in [-0.39, 0.29) is 36.2 Å². The van der Waals surface area contributed by atoms with E-state index in [1.165, 1.54) is 18.9 Å². The van der Waals surface area contributed by atoms with Crippen molar-refractivity contribution in [2.24, 2.45) is 5.92 Å². The van der Waals surface area contributed by atoms with E-state index in [9.17, 15) is 28.8 Å². The van der Waals surface area contributed by atoms with Crippen LogP contribution in [0.25, 0.3) is 0 Å². The minimum absolute atomic E-state index is 0.0192. The predicted octanol–water partition coefficient (Wildman–Crippen LogP) is 5.51. The number of carbonyl (C=O) groups excluding carboxylic acids is 6. The molecule has 280 valence electrons. The highest BCUT2D eigenvalue weighted by atomic mass is 32.2. The molecule has 4 amide bonds. The van der Waals surface area contributed by atoms with E-state index in [0.717, 1.165) is 17.3 Å². The summed E-state index contributed by atoms with van der Waals surface area (Å²) in [5.74, 6) is -1.83. The molecule has 1 aromatic carbocycles. The molecule has 12 nitrogen and oxygen atoms in total. The molecule has 0 unspecified atom stereocenters. The number of hydrogen-bond donors (Lipinski definition) is 2. The molecule has 1 fully saturated rings. The van der Waals surface area contributed by atoms with E-state index >= 15 is 0 Å². The van der Waals surface area contributed by atoms with E-state index in [0.29, 0.717) is 25.8 Å². The van der Waals surface area contributed by atoms with Crippen LogP contribution in [0.3, 0.4) is 0 Å². The molecule has 1 aliphatic rings. The summed E-state index contributed by atoms with van der Waals surface area (Å²) in [6.45, 7) is 17.6. The number of Topliss-reactive ketones (excluding diaryl/α,β-unsaturated/α-hetero) is 1. The minimum atomic E-state index is -1.71. The Balaban J connectivity index is 2.45. The van der Waals surface area contributed by atoms with Crippen LogP contribution in [0.4, 0.5) is 9.59 Å². The highest BCUT2D eigenvalue weighted by Crippen LogP contribution is 2.25. The van der Waals surface area contributed by atoms with Gasteiger partial charge in [0.15, 0.2) is 5.78 Å². The fourth-order valence-electron chi connectivity index (χ4n) is 5.60. The fourth-order valence-corrected chi connectivity index (χ4v) is 6.52. The molecule has 0 radical (unpaired) electrons. The molecular formula is C37H58N4O8S. The van der Waals surface area contributed by atoms with Crippen molar-refractivity contribution >= 4 is 46.7 Å². The molecule has 0 aliphatic carbocycles. The SMILES string of the molecule is CCC(=O)[C@@H]1CCCN1C(=O)[C@H](Cc1ccccc1)N(C)C(=O)[C@@H](CC(C)C)NC(=O)[C@](C)(CSC(=O)OC(C)(C)C)NC(=O)OC(C)(C)C. The van der Waals surface area contributed by atoms with Gasteiger partial charge in [0.25, 0.3) is 0 Å². The molecule has 0 bridgehead atoms. The van der Waals surface area contributed by atoms with Gasteiger partial charge in [0.1, 0.15) is 28.8 Å². The van der Waals surface area contributed by atoms with Gasteiger partial charge in [-0.2, -0.15) is 0 Å². The number of nitrogens with zero attached hydrogens (tertiary/aromatic N) is 2. The largest absolute Gasteiger partial charge is 0.452 e. The van der Waals surface area contributed by atoms with Crippen LogP contribution in [0.15, 0.2) is 30.3 Å². The number of thioether (sulfide) groups is 1. The lowest BCUT2D eigenvalue weighted by atomic mass is 9.97. The Morgan fingerprint density at radius 3 is 2.10 bits per heavy atom. The van der Waals surface area contributed by atoms with E-state index in [2.05, 4.69) is 10.6 Å². The Hall–Kier alpha value is -3.61. The van der Waals surface area contributed by atoms with E-state index in [4.69, 9.17) is 9.47 Å². The van der Waals surface area contributed by atoms with E-state index < -0.39 is 58.1 Å². The summed E-state index contributed by atoms with van der Waals surface area (Å²) >= 11 is 0.717. The summed E-state index contributed by atoms with van der Waals surface area (Å²) in [7, 11) is 1.54. The molecule has 13 heteroatoms. The zero-order valence-electron chi connectivity index (χ0n) is 31.7. The van der Waals surface area contributed by atoms with Crippen molar-refractivity contribution in [3.8, 4) is 0 Å². The molecule has 1 saturated heterocycles. The van der Waals surface area contributed by atoms with Crippen molar-refractivity contribution in [2.75, 3.05) is 19.3 Å². The molecule has 50 heavy (non-hydrogen) atoms. The number of carbonyl (C=O) groups is 6. The summed E-state index contributed by atoms with van der Waals surface area (Å²) in [4.78, 5) is 84.0. The maximum atomic E-state index is 14.4. The second-order valence-electron chi connectivity index (χ2n) is 15.5. The van der Waals surface area contributed by atoms with Crippen LogP contribution in [0.1, 0.15) is 100 Å². The molecule has 1 aromatic rings. The van der Waals surface area contributed by atoms with Gasteiger partial charge in [-0.05, 0) is 91.0 Å². The van der Waals surface area contributed by atoms with Crippen LogP contribution >= 0.6 is 11.8 Å². The van der Waals surface area contributed by atoms with Crippen molar-refractivity contribution in [2.45, 2.75) is 136 Å². The first-order chi connectivity index (χ1) is 23.1. The molecule has 2 N–H and O–H groups in total. The third-order valence-corrected chi connectivity index (χ3v) is 9.13. The number of benzene rings is 1. The summed E-state index contributed by atoms with van der Waals surface area (Å²) in [5, 5.41) is 4.80. The van der Waals surface area contributed by atoms with Crippen molar-refractivity contribution in [3.05, 3.63) is 35.9 Å². The van der Waals surface area contributed by atoms with Gasteiger partial charge in [-0.25, -0.2) is 9.59 Å². The number of likely N-dealkylation sites (N-methyl/N-ethyl adjacent to an activating group) is 1. The Morgan fingerprint density at radius 1 is 0.960 bits per heavy atom. The smallest absolute Gasteiger partial charge is 0.408 e. The normalized spacial score (nSPS) is 17.3. The molecule has 2 rings (SSSR count). The van der Waals surface area contributed by atoms with Crippen LogP contribution in [0, 0.1) is 5.92 Å². The minimum Gasteiger partial charge on any atom is -0.452 e. The van der Waals surface area contributed by atoms with Gasteiger partial charge in [-0.3, -0.25) is 19.2 Å². The lowest BCUT2D eigenvalue weighted by molar-refractivity contribution is -0.148. The molecule has 1 aliphatic heterocycles. The molecule has 0 spiro atoms. The monoisotopic (exact) mass is 718 g/mol. The van der Waals surface area contributed by atoms with Crippen molar-refractivity contribution in [1.82, 2.24) is 20.4 Å². The van der Waals surface area contributed by atoms with Crippen LogP contribution < -0.4 is 10.6 Å². The Labute approximate surface area is 302 Å². The second kappa shape index (κ2) is 18.1. The first-order valence-electron chi connectivity index (χ1n) is 17.4. The maximum absolute atomic E-state index is 14.4. The van der Waals surface area contributed by atoms with Crippen molar-refractivity contribution in [3.63, 3.8) is 0 Å². The maximum Gasteiger partial charge on any atom is 0.408 e. The number of ketones is 1. The third-order valence-electron chi connectivity index (χ3n) is 8.08. The lowest BCUT2D eigenvalue weighted by Crippen LogP contribution is -2.63. The number of ether oxygens (including phenoxy) is 2. The van der Waals surface area contributed by atoms with Gasteiger partial charge < -0.3 is 29.9 Å². The highest BCUT2D eigenvalue weighted by molar-refractivity contribution is 8.13. The quantitative estimate of drug-likeness (QED) is 0.237.